The molecule has 12 heteroatoms. The lowest BCUT2D eigenvalue weighted by Gasteiger charge is -2.43. The second-order valence-corrected chi connectivity index (χ2v) is 13.8. The summed E-state index contributed by atoms with van der Waals surface area (Å²) in [6.07, 6.45) is 2.64. The van der Waals surface area contributed by atoms with Crippen molar-refractivity contribution in [3.8, 4) is 0 Å². The summed E-state index contributed by atoms with van der Waals surface area (Å²) in [6, 6.07) is 13.7. The van der Waals surface area contributed by atoms with E-state index in [9.17, 15) is 29.1 Å². The summed E-state index contributed by atoms with van der Waals surface area (Å²) in [6.45, 7) is 10.6. The average Bonchev–Trinajstić information content (AvgIpc) is 3.46. The van der Waals surface area contributed by atoms with Gasteiger partial charge in [0.15, 0.2) is 0 Å². The molecule has 0 radical (unpaired) electrons. The van der Waals surface area contributed by atoms with Crippen LogP contribution in [-0.4, -0.2) is 88.3 Å². The number of hydrogen-bond acceptors (Lipinski definition) is 7. The molecule has 47 heavy (non-hydrogen) atoms. The highest BCUT2D eigenvalue weighted by Gasteiger charge is 2.39. The maximum Gasteiger partial charge on any atom is 0.410 e. The number of nitrogens with one attached hydrogen (secondary N) is 1. The van der Waals surface area contributed by atoms with E-state index in [0.29, 0.717) is 17.5 Å². The first-order valence-electron chi connectivity index (χ1n) is 15.9. The van der Waals surface area contributed by atoms with Gasteiger partial charge in [0.1, 0.15) is 17.7 Å². The number of aryl methyl sites for hydroxylation is 2. The topological polar surface area (TPSA) is 169 Å². The van der Waals surface area contributed by atoms with Gasteiger partial charge < -0.3 is 35.4 Å². The van der Waals surface area contributed by atoms with Crippen LogP contribution in [0.5, 0.6) is 0 Å². The first-order valence-corrected chi connectivity index (χ1v) is 15.9. The van der Waals surface area contributed by atoms with Crippen LogP contribution in [0, 0.1) is 5.92 Å². The number of benzene rings is 2. The van der Waals surface area contributed by atoms with E-state index in [1.165, 1.54) is 27.3 Å². The molecule has 1 saturated heterocycles. The third kappa shape index (κ3) is 11.6. The molecule has 2 aliphatic rings. The summed E-state index contributed by atoms with van der Waals surface area (Å²) in [5.41, 5.74) is 7.46. The quantitative estimate of drug-likeness (QED) is 0.389. The number of fused-ring (bicyclic) bond motifs is 1. The van der Waals surface area contributed by atoms with Crippen LogP contribution in [0.3, 0.4) is 0 Å². The fourth-order valence-corrected chi connectivity index (χ4v) is 5.61. The molecular formula is C35H48N4O8. The molecule has 1 aliphatic carbocycles. The van der Waals surface area contributed by atoms with Crippen LogP contribution in [-0.2, 0) is 27.1 Å². The van der Waals surface area contributed by atoms with Crippen molar-refractivity contribution in [1.29, 1.82) is 0 Å². The first kappa shape index (κ1) is 36.9. The molecular weight excluding hydrogens is 604 g/mol. The van der Waals surface area contributed by atoms with Gasteiger partial charge in [-0.25, -0.2) is 9.59 Å². The third-order valence-electron chi connectivity index (χ3n) is 7.62. The summed E-state index contributed by atoms with van der Waals surface area (Å²) in [5, 5.41) is 12.3. The molecule has 2 unspecified atom stereocenters. The number of carbonyl (C=O) groups excluding carboxylic acids is 4. The number of alkyl carbamates (subject to hydrolysis) is 1. The van der Waals surface area contributed by atoms with Crippen molar-refractivity contribution >= 4 is 30.0 Å². The molecule has 1 heterocycles. The lowest BCUT2D eigenvalue weighted by Crippen LogP contribution is -2.58. The summed E-state index contributed by atoms with van der Waals surface area (Å²) in [4.78, 5) is 63.6. The molecule has 0 spiro atoms. The molecule has 0 saturated carbocycles. The average molecular weight is 653 g/mol. The zero-order valence-electron chi connectivity index (χ0n) is 28.2. The first-order chi connectivity index (χ1) is 21.9. The Bertz CT molecular complexity index is 1430. The number of nitrogens with two attached hydrogens (primary N) is 1. The molecule has 12 nitrogen and oxygen atoms in total. The summed E-state index contributed by atoms with van der Waals surface area (Å²) in [5.74, 6) is -2.35. The van der Waals surface area contributed by atoms with E-state index in [2.05, 4.69) is 5.32 Å². The number of carboxylic acids is 1. The van der Waals surface area contributed by atoms with E-state index in [1.807, 2.05) is 18.2 Å². The highest BCUT2D eigenvalue weighted by Crippen LogP contribution is 2.26. The van der Waals surface area contributed by atoms with Gasteiger partial charge in [0.25, 0.3) is 5.91 Å². The molecule has 4 rings (SSSR count). The van der Waals surface area contributed by atoms with Crippen LogP contribution < -0.4 is 11.1 Å². The molecule has 1 aliphatic heterocycles. The van der Waals surface area contributed by atoms with Crippen LogP contribution >= 0.6 is 0 Å². The van der Waals surface area contributed by atoms with E-state index in [0.717, 1.165) is 12.8 Å². The van der Waals surface area contributed by atoms with E-state index in [4.69, 9.17) is 15.2 Å². The van der Waals surface area contributed by atoms with Crippen molar-refractivity contribution in [3.05, 3.63) is 70.8 Å². The minimum absolute atomic E-state index is 0.0804. The van der Waals surface area contributed by atoms with E-state index in [1.54, 1.807) is 71.9 Å². The highest BCUT2D eigenvalue weighted by atomic mass is 16.6. The Balaban J connectivity index is 0.000000413. The van der Waals surface area contributed by atoms with Gasteiger partial charge in [-0.1, -0.05) is 24.3 Å². The van der Waals surface area contributed by atoms with Crippen LogP contribution in [0.1, 0.15) is 86.2 Å². The minimum atomic E-state index is -1.15. The molecule has 2 atom stereocenters. The standard InChI is InChI=1S/C25H37N3O7.C10H11NO/c1-24(2,3)34-22(32)26-14-18-15-27(23(33)35-25(4,5)6)13-12-19(18)28(16-20(29)30)21(31)17-10-8-7-9-11-17;11-10(12)9-5-4-7-2-1-3-8(7)6-9/h7-11,18-19H,12-16H2,1-6H3,(H,26,32)(H,29,30);4-6H,1-3H2,(H2,11,12). The Kier molecular flexibility index (Phi) is 12.4. The van der Waals surface area contributed by atoms with Gasteiger partial charge in [0, 0.05) is 42.7 Å². The zero-order chi connectivity index (χ0) is 34.9. The van der Waals surface area contributed by atoms with Crippen molar-refractivity contribution in [3.63, 3.8) is 0 Å². The van der Waals surface area contributed by atoms with Crippen molar-refractivity contribution in [1.82, 2.24) is 15.1 Å². The summed E-state index contributed by atoms with van der Waals surface area (Å²) in [7, 11) is 0. The number of carbonyl (C=O) groups is 5. The van der Waals surface area contributed by atoms with E-state index < -0.39 is 53.8 Å². The van der Waals surface area contributed by atoms with Crippen molar-refractivity contribution < 1.29 is 38.6 Å². The van der Waals surface area contributed by atoms with Crippen LogP contribution in [0.15, 0.2) is 48.5 Å². The summed E-state index contributed by atoms with van der Waals surface area (Å²) < 4.78 is 10.8. The molecule has 256 valence electrons. The molecule has 2 aromatic rings. The van der Waals surface area contributed by atoms with Gasteiger partial charge >= 0.3 is 18.2 Å². The van der Waals surface area contributed by atoms with Gasteiger partial charge in [-0.2, -0.15) is 0 Å². The number of carboxylic acid groups (broad SMARTS) is 1. The maximum absolute atomic E-state index is 13.3. The molecule has 2 aromatic carbocycles. The molecule has 4 amide bonds. The zero-order valence-corrected chi connectivity index (χ0v) is 28.2. The normalized spacial score (nSPS) is 17.4. The number of primary amides is 1. The SMILES string of the molecule is CC(C)(C)OC(=O)NCC1CN(C(=O)OC(C)(C)C)CCC1N(CC(=O)O)C(=O)c1ccccc1.NC(=O)c1ccc2c(c1)CCC2. The Labute approximate surface area is 276 Å². The van der Waals surface area contributed by atoms with Gasteiger partial charge in [0.2, 0.25) is 5.91 Å². The Morgan fingerprint density at radius 3 is 2.15 bits per heavy atom. The van der Waals surface area contributed by atoms with Gasteiger partial charge in [0.05, 0.1) is 0 Å². The van der Waals surface area contributed by atoms with Gasteiger partial charge in [-0.3, -0.25) is 14.4 Å². The Morgan fingerprint density at radius 2 is 1.55 bits per heavy atom. The number of likely N-dealkylation sites (tertiary alicyclic amines) is 1. The van der Waals surface area contributed by atoms with Crippen LogP contribution in [0.4, 0.5) is 9.59 Å². The Morgan fingerprint density at radius 1 is 0.915 bits per heavy atom. The maximum atomic E-state index is 13.3. The number of hydrogen-bond donors (Lipinski definition) is 3. The van der Waals surface area contributed by atoms with Crippen molar-refractivity contribution in [2.24, 2.45) is 11.7 Å². The minimum Gasteiger partial charge on any atom is -0.480 e. The van der Waals surface area contributed by atoms with E-state index in [-0.39, 0.29) is 25.5 Å². The number of rotatable bonds is 7. The smallest absolute Gasteiger partial charge is 0.410 e. The second kappa shape index (κ2) is 15.8. The van der Waals surface area contributed by atoms with Gasteiger partial charge in [-0.15, -0.1) is 0 Å². The molecule has 0 aromatic heterocycles. The van der Waals surface area contributed by atoms with Gasteiger partial charge in [-0.05, 0) is 103 Å². The predicted octanol–water partition coefficient (Wildman–Crippen LogP) is 4.64. The monoisotopic (exact) mass is 652 g/mol. The number of aliphatic carboxylic acids is 1. The van der Waals surface area contributed by atoms with E-state index >= 15 is 0 Å². The molecule has 1 fully saturated rings. The number of nitrogens with zero attached hydrogens (tertiary/aromatic N) is 2. The fraction of sp³-hybridized carbons (Fsp3) is 0.514. The number of ether oxygens (including phenoxy) is 2. The largest absolute Gasteiger partial charge is 0.480 e. The van der Waals surface area contributed by atoms with Crippen LogP contribution in [0.2, 0.25) is 0 Å². The highest BCUT2D eigenvalue weighted by molar-refractivity contribution is 5.96. The molecule has 0 bridgehead atoms. The Hall–Kier alpha value is -4.61. The lowest BCUT2D eigenvalue weighted by molar-refractivity contribution is -0.138. The van der Waals surface area contributed by atoms with Crippen LogP contribution in [0.25, 0.3) is 0 Å². The summed E-state index contributed by atoms with van der Waals surface area (Å²) >= 11 is 0. The predicted molar refractivity (Wildman–Crippen MR) is 176 cm³/mol. The number of amides is 4. The van der Waals surface area contributed by atoms with Crippen molar-refractivity contribution in [2.45, 2.75) is 84.5 Å². The number of piperidine rings is 1. The van der Waals surface area contributed by atoms with Crippen molar-refractivity contribution in [2.75, 3.05) is 26.2 Å². The second-order valence-electron chi connectivity index (χ2n) is 13.8. The molecule has 4 N–H and O–H groups in total. The lowest BCUT2D eigenvalue weighted by atomic mass is 9.90. The fourth-order valence-electron chi connectivity index (χ4n) is 5.61. The third-order valence-corrected chi connectivity index (χ3v) is 7.62.